The Morgan fingerprint density at radius 2 is 2.16 bits per heavy atom. The van der Waals surface area contributed by atoms with Gasteiger partial charge in [-0.2, -0.15) is 0 Å². The third-order valence-electron chi connectivity index (χ3n) is 3.71. The predicted octanol–water partition coefficient (Wildman–Crippen LogP) is 1.50. The molecule has 1 atom stereocenters. The Bertz CT molecular complexity index is 667. The second-order valence-corrected chi connectivity index (χ2v) is 5.89. The fourth-order valence-corrected chi connectivity index (χ4v) is 2.59. The molecule has 0 aliphatic carbocycles. The quantitative estimate of drug-likeness (QED) is 0.784. The summed E-state index contributed by atoms with van der Waals surface area (Å²) in [6, 6.07) is 3.97. The van der Waals surface area contributed by atoms with Crippen LogP contribution in [-0.4, -0.2) is 62.3 Å². The van der Waals surface area contributed by atoms with Gasteiger partial charge < -0.3 is 25.0 Å². The van der Waals surface area contributed by atoms with Gasteiger partial charge in [0.05, 0.1) is 36.1 Å². The molecule has 2 N–H and O–H groups in total. The standard InChI is InChI=1S/C16H20ClN3O5/c1-10(21)20-5-6-25-12(9-20)8-18-16(23)19-14-4-3-11(7-13(14)17)15(22)24-2/h3-4,7,12H,5-6,8-9H2,1-2H3,(H2,18,19,23). The van der Waals surface area contributed by atoms with E-state index in [0.717, 1.165) is 0 Å². The molecule has 25 heavy (non-hydrogen) atoms. The van der Waals surface area contributed by atoms with Crippen LogP contribution in [0.15, 0.2) is 18.2 Å². The number of benzene rings is 1. The normalized spacial score (nSPS) is 16.9. The second-order valence-electron chi connectivity index (χ2n) is 5.48. The maximum absolute atomic E-state index is 12.0. The van der Waals surface area contributed by atoms with E-state index >= 15 is 0 Å². The maximum Gasteiger partial charge on any atom is 0.337 e. The Balaban J connectivity index is 1.86. The minimum atomic E-state index is -0.512. The van der Waals surface area contributed by atoms with Gasteiger partial charge in [0.25, 0.3) is 0 Å². The second kappa shape index (κ2) is 8.68. The Kier molecular flexibility index (Phi) is 6.60. The van der Waals surface area contributed by atoms with Crippen LogP contribution in [0.1, 0.15) is 17.3 Å². The molecule has 8 nitrogen and oxygen atoms in total. The highest BCUT2D eigenvalue weighted by Gasteiger charge is 2.22. The number of nitrogens with one attached hydrogen (secondary N) is 2. The number of urea groups is 1. The molecule has 0 radical (unpaired) electrons. The minimum Gasteiger partial charge on any atom is -0.465 e. The van der Waals surface area contributed by atoms with Crippen molar-refractivity contribution >= 4 is 35.2 Å². The van der Waals surface area contributed by atoms with E-state index < -0.39 is 12.0 Å². The van der Waals surface area contributed by atoms with Crippen LogP contribution < -0.4 is 10.6 Å². The van der Waals surface area contributed by atoms with Crippen LogP contribution in [-0.2, 0) is 14.3 Å². The van der Waals surface area contributed by atoms with Crippen molar-refractivity contribution in [3.63, 3.8) is 0 Å². The molecule has 3 amide bonds. The molecule has 0 saturated carbocycles. The van der Waals surface area contributed by atoms with Crippen LogP contribution in [0.5, 0.6) is 0 Å². The fourth-order valence-electron chi connectivity index (χ4n) is 2.36. The number of carbonyl (C=O) groups excluding carboxylic acids is 3. The number of ether oxygens (including phenoxy) is 2. The van der Waals surface area contributed by atoms with Crippen LogP contribution in [0, 0.1) is 0 Å². The van der Waals surface area contributed by atoms with Crippen LogP contribution in [0.3, 0.4) is 0 Å². The molecular formula is C16H20ClN3O5. The number of hydrogen-bond donors (Lipinski definition) is 2. The molecule has 0 aromatic heterocycles. The molecule has 1 aromatic carbocycles. The van der Waals surface area contributed by atoms with Crippen molar-refractivity contribution < 1.29 is 23.9 Å². The third kappa shape index (κ3) is 5.33. The first kappa shape index (κ1) is 19.0. The summed E-state index contributed by atoms with van der Waals surface area (Å²) in [5.74, 6) is -0.530. The zero-order valence-electron chi connectivity index (χ0n) is 14.0. The average Bonchev–Trinajstić information content (AvgIpc) is 2.61. The van der Waals surface area contributed by atoms with E-state index in [1.54, 1.807) is 4.90 Å². The van der Waals surface area contributed by atoms with Gasteiger partial charge in [0.15, 0.2) is 0 Å². The first-order valence-electron chi connectivity index (χ1n) is 7.70. The van der Waals surface area contributed by atoms with E-state index in [1.807, 2.05) is 0 Å². The summed E-state index contributed by atoms with van der Waals surface area (Å²) >= 11 is 6.06. The highest BCUT2D eigenvalue weighted by atomic mass is 35.5. The number of methoxy groups -OCH3 is 1. The number of anilines is 1. The Labute approximate surface area is 150 Å². The predicted molar refractivity (Wildman–Crippen MR) is 91.8 cm³/mol. The van der Waals surface area contributed by atoms with E-state index in [1.165, 1.54) is 32.2 Å². The van der Waals surface area contributed by atoms with Crippen LogP contribution in [0.4, 0.5) is 10.5 Å². The van der Waals surface area contributed by atoms with Gasteiger partial charge in [-0.1, -0.05) is 11.6 Å². The number of esters is 1. The van der Waals surface area contributed by atoms with E-state index in [4.69, 9.17) is 16.3 Å². The fraction of sp³-hybridized carbons (Fsp3) is 0.438. The van der Waals surface area contributed by atoms with Gasteiger partial charge >= 0.3 is 12.0 Å². The molecule has 2 rings (SSSR count). The van der Waals surface area contributed by atoms with Crippen molar-refractivity contribution in [3.8, 4) is 0 Å². The zero-order valence-corrected chi connectivity index (χ0v) is 14.8. The first-order chi connectivity index (χ1) is 11.9. The number of morpholine rings is 1. The smallest absolute Gasteiger partial charge is 0.337 e. The van der Waals surface area contributed by atoms with Gasteiger partial charge in [0.1, 0.15) is 0 Å². The molecule has 136 valence electrons. The molecule has 0 spiro atoms. The number of rotatable bonds is 4. The maximum atomic E-state index is 12.0. The first-order valence-corrected chi connectivity index (χ1v) is 8.08. The lowest BCUT2D eigenvalue weighted by atomic mass is 10.2. The Hall–Kier alpha value is -2.32. The monoisotopic (exact) mass is 369 g/mol. The summed E-state index contributed by atoms with van der Waals surface area (Å²) in [6.45, 7) is 3.19. The van der Waals surface area contributed by atoms with Gasteiger partial charge in [-0.15, -0.1) is 0 Å². The molecule has 1 unspecified atom stereocenters. The highest BCUT2D eigenvalue weighted by Crippen LogP contribution is 2.23. The largest absolute Gasteiger partial charge is 0.465 e. The van der Waals surface area contributed by atoms with Crippen molar-refractivity contribution in [2.45, 2.75) is 13.0 Å². The Morgan fingerprint density at radius 1 is 1.40 bits per heavy atom. The average molecular weight is 370 g/mol. The summed E-state index contributed by atoms with van der Waals surface area (Å²) in [7, 11) is 1.27. The number of carbonyl (C=O) groups is 3. The Morgan fingerprint density at radius 3 is 2.80 bits per heavy atom. The number of nitrogens with zero attached hydrogens (tertiary/aromatic N) is 1. The molecular weight excluding hydrogens is 350 g/mol. The van der Waals surface area contributed by atoms with E-state index in [2.05, 4.69) is 15.4 Å². The molecule has 9 heteroatoms. The van der Waals surface area contributed by atoms with Gasteiger partial charge in [0.2, 0.25) is 5.91 Å². The molecule has 1 aliphatic heterocycles. The molecule has 1 heterocycles. The molecule has 1 aromatic rings. The summed E-state index contributed by atoms with van der Waals surface area (Å²) in [5, 5.41) is 5.49. The van der Waals surface area contributed by atoms with E-state index in [9.17, 15) is 14.4 Å². The van der Waals surface area contributed by atoms with Crippen LogP contribution >= 0.6 is 11.6 Å². The molecule has 0 bridgehead atoms. The summed E-state index contributed by atoms with van der Waals surface area (Å²) in [6.07, 6.45) is -0.263. The molecule has 1 fully saturated rings. The van der Waals surface area contributed by atoms with Crippen molar-refractivity contribution in [1.29, 1.82) is 0 Å². The lowest BCUT2D eigenvalue weighted by molar-refractivity contribution is -0.136. The zero-order chi connectivity index (χ0) is 18.4. The van der Waals surface area contributed by atoms with E-state index in [0.29, 0.717) is 30.9 Å². The topological polar surface area (TPSA) is 97.0 Å². The SMILES string of the molecule is COC(=O)c1ccc(NC(=O)NCC2CN(C(C)=O)CCO2)c(Cl)c1. The van der Waals surface area contributed by atoms with Gasteiger partial charge in [0, 0.05) is 26.6 Å². The van der Waals surface area contributed by atoms with Crippen molar-refractivity contribution in [3.05, 3.63) is 28.8 Å². The summed E-state index contributed by atoms with van der Waals surface area (Å²) in [4.78, 5) is 36.5. The number of hydrogen-bond acceptors (Lipinski definition) is 5. The number of halogens is 1. The van der Waals surface area contributed by atoms with Crippen LogP contribution in [0.2, 0.25) is 5.02 Å². The molecule has 1 saturated heterocycles. The van der Waals surface area contributed by atoms with Crippen molar-refractivity contribution in [2.24, 2.45) is 0 Å². The number of amides is 3. The minimum absolute atomic E-state index is 0.0183. The lowest BCUT2D eigenvalue weighted by Crippen LogP contribution is -2.49. The van der Waals surface area contributed by atoms with Crippen LogP contribution in [0.25, 0.3) is 0 Å². The highest BCUT2D eigenvalue weighted by molar-refractivity contribution is 6.34. The summed E-state index contributed by atoms with van der Waals surface area (Å²) < 4.78 is 10.1. The third-order valence-corrected chi connectivity index (χ3v) is 4.03. The van der Waals surface area contributed by atoms with Gasteiger partial charge in [-0.3, -0.25) is 4.79 Å². The van der Waals surface area contributed by atoms with Crippen molar-refractivity contribution in [2.75, 3.05) is 38.7 Å². The van der Waals surface area contributed by atoms with Gasteiger partial charge in [-0.25, -0.2) is 9.59 Å². The molecule has 1 aliphatic rings. The summed E-state index contributed by atoms with van der Waals surface area (Å²) in [5.41, 5.74) is 0.653. The lowest BCUT2D eigenvalue weighted by Gasteiger charge is -2.32. The van der Waals surface area contributed by atoms with Crippen molar-refractivity contribution in [1.82, 2.24) is 10.2 Å². The van der Waals surface area contributed by atoms with E-state index in [-0.39, 0.29) is 23.6 Å². The van der Waals surface area contributed by atoms with Gasteiger partial charge in [-0.05, 0) is 18.2 Å².